The first-order chi connectivity index (χ1) is 7.78. The molecule has 0 saturated carbocycles. The minimum atomic E-state index is -0.252. The predicted octanol–water partition coefficient (Wildman–Crippen LogP) is 1.64. The molecule has 0 aliphatic carbocycles. The molecule has 0 atom stereocenters. The Balaban J connectivity index is 2.53. The summed E-state index contributed by atoms with van der Waals surface area (Å²) >= 11 is 5.72. The number of hydrogen-bond acceptors (Lipinski definition) is 4. The lowest BCUT2D eigenvalue weighted by molar-refractivity contribution is -0.120. The first-order valence-corrected chi connectivity index (χ1v) is 5.61. The van der Waals surface area contributed by atoms with Crippen molar-refractivity contribution in [3.05, 3.63) is 17.3 Å². The van der Waals surface area contributed by atoms with E-state index in [1.165, 1.54) is 6.20 Å². The van der Waals surface area contributed by atoms with Crippen molar-refractivity contribution in [2.45, 2.75) is 26.3 Å². The summed E-state index contributed by atoms with van der Waals surface area (Å²) in [5.74, 6) is 0.340. The van der Waals surface area contributed by atoms with Crippen molar-refractivity contribution in [1.29, 1.82) is 0 Å². The number of halogens is 1. The summed E-state index contributed by atoms with van der Waals surface area (Å²) in [4.78, 5) is 15.5. The van der Waals surface area contributed by atoms with Gasteiger partial charge in [-0.05, 0) is 26.8 Å². The zero-order valence-electron chi connectivity index (χ0n) is 10.2. The Morgan fingerprint density at radius 1 is 1.53 bits per heavy atom. The van der Waals surface area contributed by atoms with Gasteiger partial charge >= 0.3 is 0 Å². The van der Waals surface area contributed by atoms with Crippen LogP contribution in [-0.2, 0) is 4.79 Å². The fourth-order valence-electron chi connectivity index (χ4n) is 1.23. The fourth-order valence-corrected chi connectivity index (χ4v) is 1.40. The molecule has 17 heavy (non-hydrogen) atoms. The van der Waals surface area contributed by atoms with Gasteiger partial charge < -0.3 is 16.4 Å². The van der Waals surface area contributed by atoms with Gasteiger partial charge in [-0.1, -0.05) is 11.6 Å². The minimum absolute atomic E-state index is 0.117. The van der Waals surface area contributed by atoms with Crippen LogP contribution in [0.5, 0.6) is 0 Å². The van der Waals surface area contributed by atoms with Crippen LogP contribution in [0.25, 0.3) is 0 Å². The van der Waals surface area contributed by atoms with Crippen LogP contribution in [0.3, 0.4) is 0 Å². The van der Waals surface area contributed by atoms with E-state index in [0.29, 0.717) is 16.5 Å². The zero-order chi connectivity index (χ0) is 13.1. The van der Waals surface area contributed by atoms with Gasteiger partial charge in [-0.3, -0.25) is 4.79 Å². The lowest BCUT2D eigenvalue weighted by Gasteiger charge is -2.20. The van der Waals surface area contributed by atoms with E-state index in [-0.39, 0.29) is 18.0 Å². The Hall–Kier alpha value is -1.49. The number of carbonyl (C=O) groups excluding carboxylic acids is 1. The number of nitrogens with two attached hydrogens (primary N) is 1. The van der Waals surface area contributed by atoms with Crippen LogP contribution in [0.15, 0.2) is 12.3 Å². The standard InChI is InChI=1S/C11H17ClN4O/c1-11(2,3)16-9(17)6-15-10-8(13)4-7(12)5-14-10/h4-5H,6,13H2,1-3H3,(H,14,15)(H,16,17). The highest BCUT2D eigenvalue weighted by Gasteiger charge is 2.13. The molecule has 1 rings (SSSR count). The molecule has 1 aromatic rings. The van der Waals surface area contributed by atoms with E-state index >= 15 is 0 Å². The number of nitrogens with one attached hydrogen (secondary N) is 2. The maximum absolute atomic E-state index is 11.5. The molecule has 0 bridgehead atoms. The summed E-state index contributed by atoms with van der Waals surface area (Å²) in [6.07, 6.45) is 1.47. The number of pyridine rings is 1. The average molecular weight is 257 g/mol. The van der Waals surface area contributed by atoms with Gasteiger partial charge in [0, 0.05) is 11.7 Å². The molecule has 0 aliphatic rings. The monoisotopic (exact) mass is 256 g/mol. The molecule has 0 fully saturated rings. The lowest BCUT2D eigenvalue weighted by Crippen LogP contribution is -2.43. The summed E-state index contributed by atoms with van der Waals surface area (Å²) in [6, 6.07) is 1.58. The molecular formula is C11H17ClN4O. The lowest BCUT2D eigenvalue weighted by atomic mass is 10.1. The number of anilines is 2. The number of nitrogen functional groups attached to an aromatic ring is 1. The largest absolute Gasteiger partial charge is 0.396 e. The average Bonchev–Trinajstić information content (AvgIpc) is 2.13. The van der Waals surface area contributed by atoms with Crippen molar-refractivity contribution in [3.63, 3.8) is 0 Å². The van der Waals surface area contributed by atoms with Gasteiger partial charge in [0.1, 0.15) is 5.82 Å². The summed E-state index contributed by atoms with van der Waals surface area (Å²) < 4.78 is 0. The number of nitrogens with zero attached hydrogens (tertiary/aromatic N) is 1. The van der Waals surface area contributed by atoms with Crippen molar-refractivity contribution < 1.29 is 4.79 Å². The maximum Gasteiger partial charge on any atom is 0.239 e. The number of amides is 1. The van der Waals surface area contributed by atoms with Crippen LogP contribution in [0.1, 0.15) is 20.8 Å². The SMILES string of the molecule is CC(C)(C)NC(=O)CNc1ncc(Cl)cc1N. The molecular weight excluding hydrogens is 240 g/mol. The summed E-state index contributed by atoms with van der Waals surface area (Å²) in [5, 5.41) is 6.14. The van der Waals surface area contributed by atoms with Crippen LogP contribution < -0.4 is 16.4 Å². The highest BCUT2D eigenvalue weighted by atomic mass is 35.5. The smallest absolute Gasteiger partial charge is 0.239 e. The molecule has 0 aromatic carbocycles. The molecule has 94 valence electrons. The van der Waals surface area contributed by atoms with Crippen molar-refractivity contribution in [2.75, 3.05) is 17.6 Å². The van der Waals surface area contributed by atoms with Crippen LogP contribution >= 0.6 is 11.6 Å². The number of rotatable bonds is 3. The molecule has 1 heterocycles. The molecule has 4 N–H and O–H groups in total. The third-order valence-electron chi connectivity index (χ3n) is 1.81. The molecule has 0 spiro atoms. The number of carbonyl (C=O) groups is 1. The van der Waals surface area contributed by atoms with Crippen molar-refractivity contribution >= 4 is 29.0 Å². The molecule has 0 aliphatic heterocycles. The van der Waals surface area contributed by atoms with E-state index in [1.807, 2.05) is 20.8 Å². The first-order valence-electron chi connectivity index (χ1n) is 5.24. The van der Waals surface area contributed by atoms with Gasteiger partial charge in [0.25, 0.3) is 0 Å². The van der Waals surface area contributed by atoms with E-state index in [9.17, 15) is 4.79 Å². The number of hydrogen-bond donors (Lipinski definition) is 3. The Bertz CT molecular complexity index is 414. The third-order valence-corrected chi connectivity index (χ3v) is 2.02. The van der Waals surface area contributed by atoms with Crippen LogP contribution in [0, 0.1) is 0 Å². The molecule has 0 unspecified atom stereocenters. The van der Waals surface area contributed by atoms with E-state index in [2.05, 4.69) is 15.6 Å². The topological polar surface area (TPSA) is 80.0 Å². The quantitative estimate of drug-likeness (QED) is 0.768. The van der Waals surface area contributed by atoms with E-state index in [4.69, 9.17) is 17.3 Å². The van der Waals surface area contributed by atoms with Gasteiger partial charge in [0.2, 0.25) is 5.91 Å². The number of aromatic nitrogens is 1. The van der Waals surface area contributed by atoms with Gasteiger partial charge in [-0.2, -0.15) is 0 Å². The van der Waals surface area contributed by atoms with Gasteiger partial charge in [0.05, 0.1) is 17.3 Å². The highest BCUT2D eigenvalue weighted by molar-refractivity contribution is 6.30. The fraction of sp³-hybridized carbons (Fsp3) is 0.455. The van der Waals surface area contributed by atoms with Crippen LogP contribution in [0.4, 0.5) is 11.5 Å². The first kappa shape index (κ1) is 13.6. The molecule has 0 saturated heterocycles. The predicted molar refractivity (Wildman–Crippen MR) is 70.0 cm³/mol. The van der Waals surface area contributed by atoms with Gasteiger partial charge in [-0.15, -0.1) is 0 Å². The second-order valence-corrected chi connectivity index (χ2v) is 5.18. The Morgan fingerprint density at radius 2 is 2.18 bits per heavy atom. The summed E-state index contributed by atoms with van der Waals surface area (Å²) in [5.41, 5.74) is 5.86. The van der Waals surface area contributed by atoms with E-state index in [0.717, 1.165) is 0 Å². The Kier molecular flexibility index (Phi) is 4.17. The van der Waals surface area contributed by atoms with Crippen molar-refractivity contribution in [3.8, 4) is 0 Å². The molecule has 6 heteroatoms. The second kappa shape index (κ2) is 5.23. The molecule has 1 aromatic heterocycles. The zero-order valence-corrected chi connectivity index (χ0v) is 10.9. The van der Waals surface area contributed by atoms with Crippen molar-refractivity contribution in [1.82, 2.24) is 10.3 Å². The Morgan fingerprint density at radius 3 is 2.71 bits per heavy atom. The highest BCUT2D eigenvalue weighted by Crippen LogP contribution is 2.18. The summed E-state index contributed by atoms with van der Waals surface area (Å²) in [7, 11) is 0. The van der Waals surface area contributed by atoms with E-state index < -0.39 is 0 Å². The van der Waals surface area contributed by atoms with Gasteiger partial charge in [-0.25, -0.2) is 4.98 Å². The summed E-state index contributed by atoms with van der Waals surface area (Å²) in [6.45, 7) is 5.87. The van der Waals surface area contributed by atoms with Crippen LogP contribution in [-0.4, -0.2) is 23.0 Å². The Labute approximate surface area is 106 Å². The normalized spacial score (nSPS) is 11.1. The molecule has 5 nitrogen and oxygen atoms in total. The minimum Gasteiger partial charge on any atom is -0.396 e. The maximum atomic E-state index is 11.5. The molecule has 1 amide bonds. The van der Waals surface area contributed by atoms with Crippen LogP contribution in [0.2, 0.25) is 5.02 Å². The second-order valence-electron chi connectivity index (χ2n) is 4.74. The van der Waals surface area contributed by atoms with Crippen molar-refractivity contribution in [2.24, 2.45) is 0 Å². The third kappa shape index (κ3) is 4.91. The van der Waals surface area contributed by atoms with Gasteiger partial charge in [0.15, 0.2) is 0 Å². The van der Waals surface area contributed by atoms with E-state index in [1.54, 1.807) is 6.07 Å². The molecule has 0 radical (unpaired) electrons.